The molecule has 35 heavy (non-hydrogen) atoms. The molecule has 5 N–H and O–H groups in total. The van der Waals surface area contributed by atoms with Crippen molar-refractivity contribution in [2.75, 3.05) is 25.1 Å². The van der Waals surface area contributed by atoms with Crippen LogP contribution < -0.4 is 10.6 Å². The molecule has 14 heteroatoms. The van der Waals surface area contributed by atoms with E-state index < -0.39 is 48.6 Å². The van der Waals surface area contributed by atoms with E-state index in [1.165, 1.54) is 17.2 Å². The van der Waals surface area contributed by atoms with Crippen molar-refractivity contribution in [3.05, 3.63) is 12.7 Å². The molecule has 0 aromatic carbocycles. The van der Waals surface area contributed by atoms with Crippen LogP contribution in [0, 0.1) is 5.92 Å². The molecule has 5 rings (SSSR count). The third-order valence-corrected chi connectivity index (χ3v) is 6.76. The lowest BCUT2D eigenvalue weighted by molar-refractivity contribution is -0.142. The van der Waals surface area contributed by atoms with Crippen molar-refractivity contribution in [1.82, 2.24) is 24.8 Å². The van der Waals surface area contributed by atoms with E-state index in [-0.39, 0.29) is 12.6 Å². The number of hydrogen-bond acceptors (Lipinski definition) is 11. The summed E-state index contributed by atoms with van der Waals surface area (Å²) in [5, 5.41) is 36.2. The van der Waals surface area contributed by atoms with Crippen LogP contribution in [0.5, 0.6) is 0 Å². The van der Waals surface area contributed by atoms with E-state index in [2.05, 4.69) is 25.6 Å². The Hall–Kier alpha value is -3.07. The highest BCUT2D eigenvalue weighted by molar-refractivity contribution is 5.82. The zero-order valence-corrected chi connectivity index (χ0v) is 18.8. The van der Waals surface area contributed by atoms with Crippen molar-refractivity contribution < 1.29 is 39.1 Å². The highest BCUT2D eigenvalue weighted by atomic mass is 16.6. The minimum absolute atomic E-state index is 0.107. The standard InChI is InChI=1S/C21H28N6O8/c28-15-13(7-34-21(32)26-12-3-1-2-11(12)20(30)31)35-19(16(15)29)27-9-24-14-17(22-8-23-18(14)27)25-10-4-5-33-6-10/h8-13,15-16,19,28-29H,1-7H2,(H,26,32)(H,30,31)(H,22,23,25)/t10-,11?,12?,13-,15-,16-,19?/m1/s1. The van der Waals surface area contributed by atoms with Crippen LogP contribution >= 0.6 is 0 Å². The van der Waals surface area contributed by atoms with E-state index in [4.69, 9.17) is 14.2 Å². The maximum atomic E-state index is 12.2. The number of nitrogens with zero attached hydrogens (tertiary/aromatic N) is 4. The molecule has 0 bridgehead atoms. The Bertz CT molecular complexity index is 1080. The fourth-order valence-corrected chi connectivity index (χ4v) is 4.86. The first kappa shape index (κ1) is 23.7. The number of carbonyl (C=O) groups excluding carboxylic acids is 1. The number of alkyl carbamates (subject to hydrolysis) is 1. The third-order valence-electron chi connectivity index (χ3n) is 6.76. The molecule has 1 saturated carbocycles. The molecule has 1 amide bonds. The fourth-order valence-electron chi connectivity index (χ4n) is 4.86. The summed E-state index contributed by atoms with van der Waals surface area (Å²) in [4.78, 5) is 36.4. The number of ether oxygens (including phenoxy) is 3. The number of carbonyl (C=O) groups is 2. The van der Waals surface area contributed by atoms with Crippen LogP contribution in [-0.2, 0) is 19.0 Å². The Kier molecular flexibility index (Phi) is 6.69. The van der Waals surface area contributed by atoms with Gasteiger partial charge in [-0.1, -0.05) is 6.42 Å². The highest BCUT2D eigenvalue weighted by Gasteiger charge is 2.45. The summed E-state index contributed by atoms with van der Waals surface area (Å²) in [5.41, 5.74) is 0.881. The number of fused-ring (bicyclic) bond motifs is 1. The molecule has 3 unspecified atom stereocenters. The molecule has 2 aromatic heterocycles. The van der Waals surface area contributed by atoms with Gasteiger partial charge in [0.15, 0.2) is 23.2 Å². The number of aliphatic carboxylic acids is 1. The molecule has 2 saturated heterocycles. The van der Waals surface area contributed by atoms with Gasteiger partial charge in [0, 0.05) is 12.6 Å². The number of aliphatic hydroxyl groups excluding tert-OH is 2. The number of aromatic nitrogens is 4. The molecular weight excluding hydrogens is 464 g/mol. The summed E-state index contributed by atoms with van der Waals surface area (Å²) in [6.45, 7) is 0.902. The van der Waals surface area contributed by atoms with Crippen LogP contribution in [0.2, 0.25) is 0 Å². The minimum atomic E-state index is -1.33. The average Bonchev–Trinajstić information content (AvgIpc) is 3.62. The second kappa shape index (κ2) is 9.89. The molecule has 2 aliphatic heterocycles. The predicted octanol–water partition coefficient (Wildman–Crippen LogP) is -0.374. The van der Waals surface area contributed by atoms with Crippen LogP contribution in [-0.4, -0.2) is 97.1 Å². The molecule has 0 radical (unpaired) electrons. The van der Waals surface area contributed by atoms with Gasteiger partial charge in [-0.15, -0.1) is 0 Å². The first-order valence-corrected chi connectivity index (χ1v) is 11.6. The summed E-state index contributed by atoms with van der Waals surface area (Å²) in [5.74, 6) is -1.08. The number of imidazole rings is 1. The molecule has 2 aromatic rings. The predicted molar refractivity (Wildman–Crippen MR) is 117 cm³/mol. The van der Waals surface area contributed by atoms with Crippen molar-refractivity contribution in [1.29, 1.82) is 0 Å². The van der Waals surface area contributed by atoms with Gasteiger partial charge < -0.3 is 40.2 Å². The topological polar surface area (TPSA) is 190 Å². The quantitative estimate of drug-likeness (QED) is 0.337. The average molecular weight is 492 g/mol. The fraction of sp³-hybridized carbons (Fsp3) is 0.667. The number of rotatable bonds is 7. The molecule has 190 valence electrons. The molecular formula is C21H28N6O8. The van der Waals surface area contributed by atoms with Gasteiger partial charge in [0.05, 0.1) is 24.9 Å². The maximum absolute atomic E-state index is 12.2. The lowest BCUT2D eigenvalue weighted by Crippen LogP contribution is -2.42. The Balaban J connectivity index is 1.23. The van der Waals surface area contributed by atoms with Gasteiger partial charge in [-0.2, -0.15) is 0 Å². The second-order valence-electron chi connectivity index (χ2n) is 9.02. The van der Waals surface area contributed by atoms with Crippen LogP contribution in [0.1, 0.15) is 31.9 Å². The zero-order chi connectivity index (χ0) is 24.5. The summed E-state index contributed by atoms with van der Waals surface area (Å²) < 4.78 is 17.9. The van der Waals surface area contributed by atoms with Gasteiger partial charge in [-0.05, 0) is 19.3 Å². The number of anilines is 1. The molecule has 3 fully saturated rings. The van der Waals surface area contributed by atoms with Gasteiger partial charge in [-0.25, -0.2) is 19.7 Å². The van der Waals surface area contributed by atoms with Crippen LogP contribution in [0.25, 0.3) is 11.2 Å². The van der Waals surface area contributed by atoms with E-state index in [0.29, 0.717) is 49.5 Å². The highest BCUT2D eigenvalue weighted by Crippen LogP contribution is 2.33. The third kappa shape index (κ3) is 4.74. The Morgan fingerprint density at radius 2 is 2.03 bits per heavy atom. The summed E-state index contributed by atoms with van der Waals surface area (Å²) >= 11 is 0. The van der Waals surface area contributed by atoms with Gasteiger partial charge in [0.1, 0.15) is 31.2 Å². The summed E-state index contributed by atoms with van der Waals surface area (Å²) in [6.07, 6.45) is -0.0881. The Morgan fingerprint density at radius 3 is 2.80 bits per heavy atom. The summed E-state index contributed by atoms with van der Waals surface area (Å²) in [7, 11) is 0. The number of hydrogen-bond donors (Lipinski definition) is 5. The molecule has 14 nitrogen and oxygen atoms in total. The van der Waals surface area contributed by atoms with Gasteiger partial charge in [0.2, 0.25) is 0 Å². The largest absolute Gasteiger partial charge is 0.481 e. The maximum Gasteiger partial charge on any atom is 0.407 e. The lowest BCUT2D eigenvalue weighted by Gasteiger charge is -2.19. The molecule has 3 aliphatic rings. The monoisotopic (exact) mass is 492 g/mol. The van der Waals surface area contributed by atoms with E-state index in [1.54, 1.807) is 0 Å². The second-order valence-corrected chi connectivity index (χ2v) is 9.02. The van der Waals surface area contributed by atoms with Crippen LogP contribution in [0.3, 0.4) is 0 Å². The normalized spacial score (nSPS) is 32.7. The van der Waals surface area contributed by atoms with Gasteiger partial charge in [0.25, 0.3) is 0 Å². The smallest absolute Gasteiger partial charge is 0.407 e. The lowest BCUT2D eigenvalue weighted by atomic mass is 10.0. The van der Waals surface area contributed by atoms with Gasteiger partial charge in [-0.3, -0.25) is 9.36 Å². The zero-order valence-electron chi connectivity index (χ0n) is 18.8. The summed E-state index contributed by atoms with van der Waals surface area (Å²) in [6, 6.07) is -0.403. The van der Waals surface area contributed by atoms with Crippen molar-refractivity contribution in [3.8, 4) is 0 Å². The van der Waals surface area contributed by atoms with Crippen molar-refractivity contribution in [3.63, 3.8) is 0 Å². The Morgan fingerprint density at radius 1 is 1.17 bits per heavy atom. The van der Waals surface area contributed by atoms with Crippen molar-refractivity contribution in [2.24, 2.45) is 5.92 Å². The van der Waals surface area contributed by atoms with E-state index in [1.807, 2.05) is 0 Å². The molecule has 0 spiro atoms. The first-order chi connectivity index (χ1) is 16.9. The Labute approximate surface area is 199 Å². The van der Waals surface area contributed by atoms with Crippen molar-refractivity contribution in [2.45, 2.75) is 62.3 Å². The number of amides is 1. The first-order valence-electron chi connectivity index (χ1n) is 11.6. The molecule has 1 aliphatic carbocycles. The van der Waals surface area contributed by atoms with Crippen LogP contribution in [0.4, 0.5) is 10.6 Å². The molecule has 7 atom stereocenters. The number of carboxylic acids is 1. The SMILES string of the molecule is O=C(NC1CCCC1C(=O)O)OC[C@H]1OC(n2cnc3c(N[C@@H]4CCOC4)ncnc32)[C@H](O)[C@@H]1O. The number of carboxylic acid groups (broad SMARTS) is 1. The minimum Gasteiger partial charge on any atom is -0.481 e. The van der Waals surface area contributed by atoms with E-state index in [0.717, 1.165) is 6.42 Å². The van der Waals surface area contributed by atoms with E-state index in [9.17, 15) is 24.9 Å². The van der Waals surface area contributed by atoms with Gasteiger partial charge >= 0.3 is 12.1 Å². The van der Waals surface area contributed by atoms with Crippen LogP contribution in [0.15, 0.2) is 12.7 Å². The molecule has 4 heterocycles. The van der Waals surface area contributed by atoms with Crippen molar-refractivity contribution >= 4 is 29.0 Å². The number of aliphatic hydroxyl groups is 2. The number of nitrogens with one attached hydrogen (secondary N) is 2. The van der Waals surface area contributed by atoms with E-state index >= 15 is 0 Å².